The summed E-state index contributed by atoms with van der Waals surface area (Å²) in [5.41, 5.74) is 1.24. The van der Waals surface area contributed by atoms with Gasteiger partial charge in [-0.15, -0.1) is 0 Å². The Morgan fingerprint density at radius 2 is 1.93 bits per heavy atom. The maximum Gasteiger partial charge on any atom is 0.0701 e. The van der Waals surface area contributed by atoms with Gasteiger partial charge in [0, 0.05) is 6.04 Å². The summed E-state index contributed by atoms with van der Waals surface area (Å²) in [6.07, 6.45) is 1.88. The summed E-state index contributed by atoms with van der Waals surface area (Å²) in [6, 6.07) is 0.727. The summed E-state index contributed by atoms with van der Waals surface area (Å²) < 4.78 is 3.16. The van der Waals surface area contributed by atoms with Crippen molar-refractivity contribution in [2.24, 2.45) is 5.92 Å². The zero-order valence-corrected chi connectivity index (χ0v) is 11.7. The first-order valence-electron chi connectivity index (χ1n) is 5.39. The van der Waals surface area contributed by atoms with Gasteiger partial charge in [0.15, 0.2) is 0 Å². The first-order valence-corrected chi connectivity index (χ1v) is 6.18. The van der Waals surface area contributed by atoms with Gasteiger partial charge in [-0.1, -0.05) is 13.8 Å². The summed E-state index contributed by atoms with van der Waals surface area (Å²) in [7, 11) is 1.99. The van der Waals surface area contributed by atoms with E-state index in [1.165, 1.54) is 5.69 Å². The van der Waals surface area contributed by atoms with Gasteiger partial charge in [-0.3, -0.25) is 4.68 Å². The first-order chi connectivity index (χ1) is 6.99. The number of rotatable bonds is 4. The Bertz CT molecular complexity index is 318. The highest BCUT2D eigenvalue weighted by molar-refractivity contribution is 9.10. The Kier molecular flexibility index (Phi) is 4.34. The van der Waals surface area contributed by atoms with Crippen molar-refractivity contribution in [3.63, 3.8) is 0 Å². The Hall–Kier alpha value is -0.350. The van der Waals surface area contributed by atoms with Gasteiger partial charge in [-0.2, -0.15) is 5.10 Å². The van der Waals surface area contributed by atoms with Crippen LogP contribution in [-0.2, 0) is 0 Å². The average Bonchev–Trinajstić information content (AvgIpc) is 2.49. The lowest BCUT2D eigenvalue weighted by Crippen LogP contribution is -2.26. The molecule has 0 aliphatic heterocycles. The van der Waals surface area contributed by atoms with Gasteiger partial charge in [-0.05, 0) is 42.7 Å². The summed E-state index contributed by atoms with van der Waals surface area (Å²) in [5.74, 6) is 0.542. The van der Waals surface area contributed by atoms with E-state index in [1.54, 1.807) is 0 Å². The predicted octanol–water partition coefficient (Wildman–Crippen LogP) is 3.14. The lowest BCUT2D eigenvalue weighted by atomic mass is 10.0. The van der Waals surface area contributed by atoms with Crippen LogP contribution in [0, 0.1) is 5.92 Å². The first kappa shape index (κ1) is 12.7. The maximum absolute atomic E-state index is 4.40. The molecule has 0 radical (unpaired) electrons. The van der Waals surface area contributed by atoms with Crippen LogP contribution in [0.4, 0.5) is 0 Å². The molecule has 0 aliphatic rings. The van der Waals surface area contributed by atoms with Crippen molar-refractivity contribution in [3.05, 3.63) is 16.4 Å². The minimum Gasteiger partial charge on any atom is -0.311 e. The quantitative estimate of drug-likeness (QED) is 0.914. The Labute approximate surface area is 100 Å². The monoisotopic (exact) mass is 273 g/mol. The van der Waals surface area contributed by atoms with E-state index in [0.29, 0.717) is 18.0 Å². The number of nitrogens with zero attached hydrogens (tertiary/aromatic N) is 2. The van der Waals surface area contributed by atoms with Crippen molar-refractivity contribution in [1.82, 2.24) is 15.1 Å². The fourth-order valence-electron chi connectivity index (χ4n) is 1.84. The smallest absolute Gasteiger partial charge is 0.0701 e. The fraction of sp³-hybridized carbons (Fsp3) is 0.727. The predicted molar refractivity (Wildman–Crippen MR) is 67.0 cm³/mol. The molecule has 0 aliphatic carbocycles. The standard InChI is InChI=1S/C11H20BrN3/c1-7(2)10(13-5)11-9(12)6-14-15(11)8(3)4/h6-8,10,13H,1-5H3. The number of nitrogens with one attached hydrogen (secondary N) is 1. The van der Waals surface area contributed by atoms with Crippen LogP contribution in [0.1, 0.15) is 45.5 Å². The number of hydrogen-bond donors (Lipinski definition) is 1. The molecule has 1 atom stereocenters. The molecule has 0 amide bonds. The molecule has 0 bridgehead atoms. The summed E-state index contributed by atoms with van der Waals surface area (Å²) in [4.78, 5) is 0. The van der Waals surface area contributed by atoms with Gasteiger partial charge in [-0.25, -0.2) is 0 Å². The molecule has 3 nitrogen and oxygen atoms in total. The molecule has 1 rings (SSSR count). The van der Waals surface area contributed by atoms with Crippen LogP contribution >= 0.6 is 15.9 Å². The number of halogens is 1. The molecule has 4 heteroatoms. The van der Waals surface area contributed by atoms with Gasteiger partial charge in [0.05, 0.1) is 22.4 Å². The van der Waals surface area contributed by atoms with Crippen molar-refractivity contribution in [2.45, 2.75) is 39.8 Å². The van der Waals surface area contributed by atoms with E-state index >= 15 is 0 Å². The third-order valence-corrected chi connectivity index (χ3v) is 3.16. The molecule has 1 unspecified atom stereocenters. The number of aromatic nitrogens is 2. The molecule has 1 N–H and O–H groups in total. The van der Waals surface area contributed by atoms with Crippen molar-refractivity contribution < 1.29 is 0 Å². The van der Waals surface area contributed by atoms with Crippen LogP contribution in [0.5, 0.6) is 0 Å². The molecule has 0 aromatic carbocycles. The Balaban J connectivity index is 3.14. The summed E-state index contributed by atoms with van der Waals surface area (Å²) in [5, 5.41) is 7.75. The minimum absolute atomic E-state index is 0.337. The largest absolute Gasteiger partial charge is 0.311 e. The van der Waals surface area contributed by atoms with Crippen LogP contribution < -0.4 is 5.32 Å². The summed E-state index contributed by atoms with van der Waals surface area (Å²) in [6.45, 7) is 8.72. The van der Waals surface area contributed by atoms with E-state index in [4.69, 9.17) is 0 Å². The highest BCUT2D eigenvalue weighted by Crippen LogP contribution is 2.29. The van der Waals surface area contributed by atoms with Crippen molar-refractivity contribution in [1.29, 1.82) is 0 Å². The van der Waals surface area contributed by atoms with E-state index in [0.717, 1.165) is 4.47 Å². The van der Waals surface area contributed by atoms with E-state index in [2.05, 4.69) is 58.7 Å². The molecule has 1 aromatic heterocycles. The van der Waals surface area contributed by atoms with Crippen LogP contribution in [0.25, 0.3) is 0 Å². The van der Waals surface area contributed by atoms with Crippen molar-refractivity contribution in [2.75, 3.05) is 7.05 Å². The fourth-order valence-corrected chi connectivity index (χ4v) is 2.36. The number of hydrogen-bond acceptors (Lipinski definition) is 2. The average molecular weight is 274 g/mol. The normalized spacial score (nSPS) is 13.9. The van der Waals surface area contributed by atoms with E-state index < -0.39 is 0 Å². The van der Waals surface area contributed by atoms with Gasteiger partial charge in [0.1, 0.15) is 0 Å². The molecule has 15 heavy (non-hydrogen) atoms. The molecule has 1 heterocycles. The zero-order valence-electron chi connectivity index (χ0n) is 10.1. The van der Waals surface area contributed by atoms with Gasteiger partial charge >= 0.3 is 0 Å². The van der Waals surface area contributed by atoms with Gasteiger partial charge in [0.25, 0.3) is 0 Å². The maximum atomic E-state index is 4.40. The Morgan fingerprint density at radius 3 is 2.33 bits per heavy atom. The molecule has 86 valence electrons. The third-order valence-electron chi connectivity index (χ3n) is 2.55. The van der Waals surface area contributed by atoms with Crippen molar-refractivity contribution in [3.8, 4) is 0 Å². The second kappa shape index (κ2) is 5.12. The van der Waals surface area contributed by atoms with Crippen LogP contribution in [0.3, 0.4) is 0 Å². The molecule has 1 aromatic rings. The molecule has 0 spiro atoms. The minimum atomic E-state index is 0.337. The van der Waals surface area contributed by atoms with Crippen LogP contribution in [-0.4, -0.2) is 16.8 Å². The summed E-state index contributed by atoms with van der Waals surface area (Å²) >= 11 is 3.57. The Morgan fingerprint density at radius 1 is 1.33 bits per heavy atom. The zero-order chi connectivity index (χ0) is 11.6. The van der Waals surface area contributed by atoms with E-state index in [-0.39, 0.29) is 0 Å². The van der Waals surface area contributed by atoms with E-state index in [9.17, 15) is 0 Å². The lowest BCUT2D eigenvalue weighted by Gasteiger charge is -2.23. The van der Waals surface area contributed by atoms with Crippen LogP contribution in [0.2, 0.25) is 0 Å². The van der Waals surface area contributed by atoms with E-state index in [1.807, 2.05) is 13.2 Å². The molecular formula is C11H20BrN3. The van der Waals surface area contributed by atoms with Gasteiger partial charge in [0.2, 0.25) is 0 Å². The highest BCUT2D eigenvalue weighted by atomic mass is 79.9. The molecule has 0 fully saturated rings. The second-order valence-corrected chi connectivity index (χ2v) is 5.28. The second-order valence-electron chi connectivity index (χ2n) is 4.43. The molecule has 0 saturated carbocycles. The highest BCUT2D eigenvalue weighted by Gasteiger charge is 2.22. The molecular weight excluding hydrogens is 254 g/mol. The third kappa shape index (κ3) is 2.61. The molecule has 0 saturated heterocycles. The van der Waals surface area contributed by atoms with Crippen molar-refractivity contribution >= 4 is 15.9 Å². The topological polar surface area (TPSA) is 29.9 Å². The lowest BCUT2D eigenvalue weighted by molar-refractivity contribution is 0.389. The van der Waals surface area contributed by atoms with Crippen LogP contribution in [0.15, 0.2) is 10.7 Å². The van der Waals surface area contributed by atoms with Gasteiger partial charge < -0.3 is 5.32 Å². The SMILES string of the molecule is CNC(c1c(Br)cnn1C(C)C)C(C)C.